The number of hydrogen-bond donors (Lipinski definition) is 0. The second-order valence-corrected chi connectivity index (χ2v) is 5.27. The summed E-state index contributed by atoms with van der Waals surface area (Å²) in [5.41, 5.74) is 0. The molecule has 0 atom stereocenters. The summed E-state index contributed by atoms with van der Waals surface area (Å²) in [4.78, 5) is 0. The predicted molar refractivity (Wildman–Crippen MR) is 96.9 cm³/mol. The van der Waals surface area contributed by atoms with E-state index in [0.29, 0.717) is 13.2 Å². The van der Waals surface area contributed by atoms with Crippen molar-refractivity contribution in [3.8, 4) is 28.7 Å². The fourth-order valence-corrected chi connectivity index (χ4v) is 2.26. The summed E-state index contributed by atoms with van der Waals surface area (Å²) in [5, 5.41) is 0. The summed E-state index contributed by atoms with van der Waals surface area (Å²) in [7, 11) is 1.63. The Balaban J connectivity index is 1.49. The first-order valence-corrected chi connectivity index (χ1v) is 8.06. The summed E-state index contributed by atoms with van der Waals surface area (Å²) in [6.07, 6.45) is 0. The van der Waals surface area contributed by atoms with Crippen LogP contribution in [0.5, 0.6) is 28.7 Å². The van der Waals surface area contributed by atoms with E-state index in [1.807, 2.05) is 78.9 Å². The van der Waals surface area contributed by atoms with Crippen molar-refractivity contribution in [2.45, 2.75) is 0 Å². The molecule has 0 radical (unpaired) electrons. The molecule has 0 aliphatic carbocycles. The Morgan fingerprint density at radius 3 is 1.72 bits per heavy atom. The quantitative estimate of drug-likeness (QED) is 0.546. The van der Waals surface area contributed by atoms with Gasteiger partial charge in [-0.05, 0) is 36.4 Å². The fourth-order valence-electron chi connectivity index (χ4n) is 2.26. The molecule has 0 aliphatic rings. The topological polar surface area (TPSA) is 36.9 Å². The van der Waals surface area contributed by atoms with Crippen LogP contribution >= 0.6 is 0 Å². The van der Waals surface area contributed by atoms with E-state index in [1.165, 1.54) is 0 Å². The maximum Gasteiger partial charge on any atom is 0.131 e. The van der Waals surface area contributed by atoms with Gasteiger partial charge >= 0.3 is 0 Å². The molecule has 0 saturated heterocycles. The van der Waals surface area contributed by atoms with Gasteiger partial charge in [0.05, 0.1) is 7.11 Å². The Kier molecular flexibility index (Phi) is 5.77. The van der Waals surface area contributed by atoms with Crippen LogP contribution in [-0.4, -0.2) is 20.3 Å². The van der Waals surface area contributed by atoms with Gasteiger partial charge in [-0.25, -0.2) is 0 Å². The van der Waals surface area contributed by atoms with Crippen molar-refractivity contribution in [1.82, 2.24) is 0 Å². The molecule has 0 saturated carbocycles. The van der Waals surface area contributed by atoms with Crippen molar-refractivity contribution in [3.63, 3.8) is 0 Å². The maximum atomic E-state index is 5.80. The Labute approximate surface area is 147 Å². The van der Waals surface area contributed by atoms with Gasteiger partial charge in [-0.15, -0.1) is 0 Å². The van der Waals surface area contributed by atoms with E-state index in [9.17, 15) is 0 Å². The lowest BCUT2D eigenvalue weighted by Gasteiger charge is -2.11. The van der Waals surface area contributed by atoms with Crippen molar-refractivity contribution >= 4 is 0 Å². The highest BCUT2D eigenvalue weighted by Crippen LogP contribution is 2.25. The van der Waals surface area contributed by atoms with Gasteiger partial charge in [0.2, 0.25) is 0 Å². The van der Waals surface area contributed by atoms with Gasteiger partial charge in [0.1, 0.15) is 42.0 Å². The number of ether oxygens (including phenoxy) is 4. The average molecular weight is 336 g/mol. The first-order valence-electron chi connectivity index (χ1n) is 8.06. The summed E-state index contributed by atoms with van der Waals surface area (Å²) in [6.45, 7) is 0.878. The molecule has 3 aromatic carbocycles. The highest BCUT2D eigenvalue weighted by Gasteiger charge is 2.01. The van der Waals surface area contributed by atoms with Gasteiger partial charge in [-0.2, -0.15) is 0 Å². The van der Waals surface area contributed by atoms with Crippen molar-refractivity contribution in [2.75, 3.05) is 20.3 Å². The number of hydrogen-bond acceptors (Lipinski definition) is 4. The third-order valence-electron chi connectivity index (χ3n) is 3.45. The Morgan fingerprint density at radius 2 is 1.08 bits per heavy atom. The first kappa shape index (κ1) is 16.7. The molecule has 3 aromatic rings. The lowest BCUT2D eigenvalue weighted by Crippen LogP contribution is -2.09. The molecule has 0 heterocycles. The highest BCUT2D eigenvalue weighted by molar-refractivity contribution is 5.36. The van der Waals surface area contributed by atoms with Crippen LogP contribution in [0.4, 0.5) is 0 Å². The van der Waals surface area contributed by atoms with E-state index < -0.39 is 0 Å². The van der Waals surface area contributed by atoms with Gasteiger partial charge in [-0.3, -0.25) is 0 Å². The minimum absolute atomic E-state index is 0.437. The molecule has 0 fully saturated rings. The molecular weight excluding hydrogens is 316 g/mol. The van der Waals surface area contributed by atoms with Crippen LogP contribution in [0.25, 0.3) is 0 Å². The summed E-state index contributed by atoms with van der Waals surface area (Å²) in [5.74, 6) is 3.79. The standard InChI is InChI=1S/C21H20O4/c1-22-18-9-5-10-19(15-18)23-13-14-24-20-11-6-12-21(16-20)25-17-7-3-2-4-8-17/h2-12,15-16H,13-14H2,1H3. The monoisotopic (exact) mass is 336 g/mol. The van der Waals surface area contributed by atoms with Gasteiger partial charge < -0.3 is 18.9 Å². The molecule has 4 heteroatoms. The average Bonchev–Trinajstić information content (AvgIpc) is 2.67. The predicted octanol–water partition coefficient (Wildman–Crippen LogP) is 4.95. The van der Waals surface area contributed by atoms with Gasteiger partial charge in [0.15, 0.2) is 0 Å². The lowest BCUT2D eigenvalue weighted by atomic mass is 10.3. The third-order valence-corrected chi connectivity index (χ3v) is 3.45. The minimum atomic E-state index is 0.437. The van der Waals surface area contributed by atoms with Crippen LogP contribution in [0.3, 0.4) is 0 Å². The van der Waals surface area contributed by atoms with Crippen LogP contribution in [0.2, 0.25) is 0 Å². The zero-order chi connectivity index (χ0) is 17.3. The zero-order valence-electron chi connectivity index (χ0n) is 14.1. The first-order chi connectivity index (χ1) is 12.3. The molecule has 0 amide bonds. The summed E-state index contributed by atoms with van der Waals surface area (Å²) >= 11 is 0. The van der Waals surface area contributed by atoms with Crippen molar-refractivity contribution in [1.29, 1.82) is 0 Å². The number of para-hydroxylation sites is 1. The highest BCUT2D eigenvalue weighted by atomic mass is 16.5. The van der Waals surface area contributed by atoms with E-state index in [-0.39, 0.29) is 0 Å². The fraction of sp³-hybridized carbons (Fsp3) is 0.143. The van der Waals surface area contributed by atoms with E-state index >= 15 is 0 Å². The van der Waals surface area contributed by atoms with E-state index in [0.717, 1.165) is 28.7 Å². The molecule has 4 nitrogen and oxygen atoms in total. The molecule has 128 valence electrons. The minimum Gasteiger partial charge on any atom is -0.497 e. The van der Waals surface area contributed by atoms with E-state index in [4.69, 9.17) is 18.9 Å². The van der Waals surface area contributed by atoms with E-state index in [2.05, 4.69) is 0 Å². The van der Waals surface area contributed by atoms with Gasteiger partial charge in [0.25, 0.3) is 0 Å². The zero-order valence-corrected chi connectivity index (χ0v) is 14.1. The SMILES string of the molecule is COc1cccc(OCCOc2cccc(Oc3ccccc3)c2)c1. The van der Waals surface area contributed by atoms with Crippen LogP contribution in [0.1, 0.15) is 0 Å². The van der Waals surface area contributed by atoms with Crippen molar-refractivity contribution in [3.05, 3.63) is 78.9 Å². The Morgan fingerprint density at radius 1 is 0.560 bits per heavy atom. The van der Waals surface area contributed by atoms with Crippen LogP contribution in [0.15, 0.2) is 78.9 Å². The summed E-state index contributed by atoms with van der Waals surface area (Å²) < 4.78 is 22.3. The molecule has 0 aromatic heterocycles. The van der Waals surface area contributed by atoms with E-state index in [1.54, 1.807) is 7.11 Å². The molecule has 3 rings (SSSR count). The molecule has 0 spiro atoms. The number of benzene rings is 3. The molecule has 0 N–H and O–H groups in total. The second kappa shape index (κ2) is 8.64. The Hall–Kier alpha value is -3.14. The van der Waals surface area contributed by atoms with Gasteiger partial charge in [-0.1, -0.05) is 30.3 Å². The smallest absolute Gasteiger partial charge is 0.131 e. The van der Waals surface area contributed by atoms with Crippen molar-refractivity contribution in [2.24, 2.45) is 0 Å². The maximum absolute atomic E-state index is 5.80. The lowest BCUT2D eigenvalue weighted by molar-refractivity contribution is 0.216. The van der Waals surface area contributed by atoms with Crippen LogP contribution in [-0.2, 0) is 0 Å². The number of methoxy groups -OCH3 is 1. The normalized spacial score (nSPS) is 10.1. The van der Waals surface area contributed by atoms with Crippen LogP contribution < -0.4 is 18.9 Å². The largest absolute Gasteiger partial charge is 0.497 e. The molecule has 25 heavy (non-hydrogen) atoms. The summed E-state index contributed by atoms with van der Waals surface area (Å²) in [6, 6.07) is 24.7. The Bertz CT molecular complexity index is 787. The van der Waals surface area contributed by atoms with Gasteiger partial charge in [0, 0.05) is 12.1 Å². The van der Waals surface area contributed by atoms with Crippen molar-refractivity contribution < 1.29 is 18.9 Å². The molecular formula is C21H20O4. The molecule has 0 unspecified atom stereocenters. The number of rotatable bonds is 8. The molecule has 0 bridgehead atoms. The third kappa shape index (κ3) is 5.18. The van der Waals surface area contributed by atoms with Crippen LogP contribution in [0, 0.1) is 0 Å². The second-order valence-electron chi connectivity index (χ2n) is 5.27. The molecule has 0 aliphatic heterocycles.